The van der Waals surface area contributed by atoms with Gasteiger partial charge in [0.05, 0.1) is 22.1 Å². The Morgan fingerprint density at radius 2 is 0.683 bits per heavy atom. The minimum absolute atomic E-state index is 1.13. The smallest absolute Gasteiger partial charge is 0.179 e. The zero-order valence-corrected chi connectivity index (χ0v) is 35.6. The molecule has 0 saturated heterocycles. The van der Waals surface area contributed by atoms with Gasteiger partial charge in [0.15, 0.2) is 8.07 Å². The van der Waals surface area contributed by atoms with Gasteiger partial charge in [-0.1, -0.05) is 212 Å². The first-order valence-corrected chi connectivity index (χ1v) is 23.8. The number of fused-ring (bicyclic) bond motifs is 6. The first-order chi connectivity index (χ1) is 31.3. The van der Waals surface area contributed by atoms with Crippen molar-refractivity contribution < 1.29 is 0 Å². The van der Waals surface area contributed by atoms with Crippen LogP contribution in [0.15, 0.2) is 255 Å². The molecule has 2 heterocycles. The molecule has 0 aliphatic rings. The molecular formula is C60H42N2Si. The SMILES string of the molecule is c1ccc(-c2ccccc2-c2cccc(-n3c4ccccc4c4ccc(-n5c6ccccc6c6cc([Si](c7ccccc7)(c7ccccc7)c7ccccc7)ccc65)cc43)c2)cc1. The number of hydrogen-bond acceptors (Lipinski definition) is 0. The summed E-state index contributed by atoms with van der Waals surface area (Å²) in [6.45, 7) is 0. The van der Waals surface area contributed by atoms with Gasteiger partial charge in [0.1, 0.15) is 0 Å². The molecule has 3 heteroatoms. The highest BCUT2D eigenvalue weighted by atomic mass is 28.3. The first-order valence-electron chi connectivity index (χ1n) is 21.8. The van der Waals surface area contributed by atoms with Crippen molar-refractivity contribution in [1.82, 2.24) is 9.13 Å². The summed E-state index contributed by atoms with van der Waals surface area (Å²) in [4.78, 5) is 0. The maximum Gasteiger partial charge on any atom is 0.179 e. The molecule has 0 N–H and O–H groups in total. The quantitative estimate of drug-likeness (QED) is 0.107. The Labute approximate surface area is 368 Å². The third-order valence-corrected chi connectivity index (χ3v) is 17.8. The molecule has 0 amide bonds. The van der Waals surface area contributed by atoms with E-state index in [0.29, 0.717) is 0 Å². The molecule has 0 saturated carbocycles. The summed E-state index contributed by atoms with van der Waals surface area (Å²) in [5, 5.41) is 10.5. The van der Waals surface area contributed by atoms with Crippen molar-refractivity contribution in [3.05, 3.63) is 255 Å². The molecule has 0 fully saturated rings. The second-order valence-electron chi connectivity index (χ2n) is 16.4. The number of nitrogens with zero attached hydrogens (tertiary/aromatic N) is 2. The van der Waals surface area contributed by atoms with E-state index in [4.69, 9.17) is 0 Å². The highest BCUT2D eigenvalue weighted by molar-refractivity contribution is 7.20. The van der Waals surface area contributed by atoms with Crippen LogP contribution in [0.5, 0.6) is 0 Å². The van der Waals surface area contributed by atoms with Crippen LogP contribution in [0.4, 0.5) is 0 Å². The van der Waals surface area contributed by atoms with Crippen molar-refractivity contribution in [1.29, 1.82) is 0 Å². The van der Waals surface area contributed by atoms with Crippen LogP contribution in [0.25, 0.3) is 77.2 Å². The second kappa shape index (κ2) is 15.2. The number of hydrogen-bond donors (Lipinski definition) is 0. The number of benzene rings is 10. The molecule has 2 aromatic heterocycles. The van der Waals surface area contributed by atoms with Crippen LogP contribution >= 0.6 is 0 Å². The molecule has 0 unspecified atom stereocenters. The van der Waals surface area contributed by atoms with E-state index >= 15 is 0 Å². The molecule has 0 aliphatic heterocycles. The van der Waals surface area contributed by atoms with Crippen LogP contribution in [0, 0.1) is 0 Å². The molecule has 0 atom stereocenters. The van der Waals surface area contributed by atoms with Gasteiger partial charge in [-0.25, -0.2) is 0 Å². The van der Waals surface area contributed by atoms with E-state index in [1.54, 1.807) is 0 Å². The van der Waals surface area contributed by atoms with Gasteiger partial charge < -0.3 is 9.13 Å². The summed E-state index contributed by atoms with van der Waals surface area (Å²) in [5.74, 6) is 0. The normalized spacial score (nSPS) is 11.8. The largest absolute Gasteiger partial charge is 0.309 e. The lowest BCUT2D eigenvalue weighted by atomic mass is 9.94. The summed E-state index contributed by atoms with van der Waals surface area (Å²) in [6.07, 6.45) is 0. The van der Waals surface area contributed by atoms with Crippen molar-refractivity contribution in [2.45, 2.75) is 0 Å². The fraction of sp³-hybridized carbons (Fsp3) is 0. The number of para-hydroxylation sites is 2. The standard InChI is InChI=1S/C60H42N2Si/c1-5-20-43(21-6-1)51-30-13-14-31-52(51)44-22-19-23-45(40-44)62-57-34-17-15-32-53(57)55-38-36-46(41-60(55)62)61-58-35-18-16-33-54(58)56-42-50(37-39-59(56)61)63(47-24-7-2-8-25-47,48-26-9-3-10-27-48)49-28-11-4-12-29-49/h1-42H. The van der Waals surface area contributed by atoms with Gasteiger partial charge in [0, 0.05) is 32.9 Å². The molecule has 10 aromatic carbocycles. The summed E-state index contributed by atoms with van der Waals surface area (Å²) < 4.78 is 4.92. The van der Waals surface area contributed by atoms with E-state index in [1.165, 1.54) is 86.6 Å². The number of rotatable bonds is 8. The van der Waals surface area contributed by atoms with Crippen LogP contribution in [-0.4, -0.2) is 17.2 Å². The zero-order valence-electron chi connectivity index (χ0n) is 34.6. The van der Waals surface area contributed by atoms with Gasteiger partial charge in [-0.05, 0) is 85.5 Å². The molecule has 63 heavy (non-hydrogen) atoms. The molecule has 296 valence electrons. The van der Waals surface area contributed by atoms with Crippen molar-refractivity contribution >= 4 is 72.4 Å². The molecule has 12 aromatic rings. The topological polar surface area (TPSA) is 9.86 Å². The van der Waals surface area contributed by atoms with Gasteiger partial charge in [0.2, 0.25) is 0 Å². The number of aromatic nitrogens is 2. The van der Waals surface area contributed by atoms with E-state index in [0.717, 1.165) is 11.4 Å². The molecule has 12 rings (SSSR count). The minimum Gasteiger partial charge on any atom is -0.309 e. The van der Waals surface area contributed by atoms with E-state index in [2.05, 4.69) is 264 Å². The lowest BCUT2D eigenvalue weighted by Crippen LogP contribution is -2.74. The highest BCUT2D eigenvalue weighted by Crippen LogP contribution is 2.39. The van der Waals surface area contributed by atoms with Gasteiger partial charge >= 0.3 is 0 Å². The maximum atomic E-state index is 2.52. The van der Waals surface area contributed by atoms with Gasteiger partial charge in [-0.2, -0.15) is 0 Å². The predicted octanol–water partition coefficient (Wildman–Crippen LogP) is 12.6. The Hall–Kier alpha value is -7.98. The third kappa shape index (κ3) is 5.93. The molecule has 0 bridgehead atoms. The van der Waals surface area contributed by atoms with Crippen LogP contribution in [0.1, 0.15) is 0 Å². The third-order valence-electron chi connectivity index (χ3n) is 13.1. The summed E-state index contributed by atoms with van der Waals surface area (Å²) in [5.41, 5.74) is 11.9. The van der Waals surface area contributed by atoms with E-state index in [9.17, 15) is 0 Å². The average molecular weight is 819 g/mol. The fourth-order valence-corrected chi connectivity index (χ4v) is 15.1. The monoisotopic (exact) mass is 818 g/mol. The average Bonchev–Trinajstić information content (AvgIpc) is 3.88. The molecular weight excluding hydrogens is 777 g/mol. The predicted molar refractivity (Wildman–Crippen MR) is 270 cm³/mol. The van der Waals surface area contributed by atoms with Crippen molar-refractivity contribution in [2.24, 2.45) is 0 Å². The summed E-state index contributed by atoms with van der Waals surface area (Å²) >= 11 is 0. The van der Waals surface area contributed by atoms with Crippen molar-refractivity contribution in [3.63, 3.8) is 0 Å². The highest BCUT2D eigenvalue weighted by Gasteiger charge is 2.41. The molecule has 0 radical (unpaired) electrons. The Morgan fingerprint density at radius 3 is 1.30 bits per heavy atom. The second-order valence-corrected chi connectivity index (χ2v) is 20.3. The van der Waals surface area contributed by atoms with Crippen molar-refractivity contribution in [2.75, 3.05) is 0 Å². The Morgan fingerprint density at radius 1 is 0.238 bits per heavy atom. The lowest BCUT2D eigenvalue weighted by molar-refractivity contribution is 1.15. The Balaban J connectivity index is 1.07. The maximum absolute atomic E-state index is 2.74. The van der Waals surface area contributed by atoms with E-state index in [1.807, 2.05) is 0 Å². The van der Waals surface area contributed by atoms with Gasteiger partial charge in [0.25, 0.3) is 0 Å². The van der Waals surface area contributed by atoms with Crippen LogP contribution in [-0.2, 0) is 0 Å². The lowest BCUT2D eigenvalue weighted by Gasteiger charge is -2.34. The fourth-order valence-electron chi connectivity index (χ4n) is 10.3. The zero-order chi connectivity index (χ0) is 41.7. The van der Waals surface area contributed by atoms with Crippen LogP contribution < -0.4 is 20.7 Å². The Kier molecular flexibility index (Phi) is 8.87. The Bertz CT molecular complexity index is 3510. The summed E-state index contributed by atoms with van der Waals surface area (Å²) in [6, 6.07) is 94.2. The van der Waals surface area contributed by atoms with E-state index in [-0.39, 0.29) is 0 Å². The molecule has 2 nitrogen and oxygen atoms in total. The molecule has 0 spiro atoms. The summed E-state index contributed by atoms with van der Waals surface area (Å²) in [7, 11) is -2.74. The minimum atomic E-state index is -2.74. The van der Waals surface area contributed by atoms with Gasteiger partial charge in [-0.3, -0.25) is 0 Å². The van der Waals surface area contributed by atoms with Crippen molar-refractivity contribution in [3.8, 4) is 33.6 Å². The molecule has 0 aliphatic carbocycles. The van der Waals surface area contributed by atoms with E-state index < -0.39 is 8.07 Å². The van der Waals surface area contributed by atoms with Crippen LogP contribution in [0.3, 0.4) is 0 Å². The van der Waals surface area contributed by atoms with Crippen LogP contribution in [0.2, 0.25) is 0 Å². The first kappa shape index (κ1) is 36.8. The van der Waals surface area contributed by atoms with Gasteiger partial charge in [-0.15, -0.1) is 0 Å².